The lowest BCUT2D eigenvalue weighted by atomic mass is 9.98. The first-order valence-corrected chi connectivity index (χ1v) is 11.5. The second-order valence-electron chi connectivity index (χ2n) is 8.69. The van der Waals surface area contributed by atoms with Crippen LogP contribution in [0.25, 0.3) is 22.0 Å². The first-order valence-electron chi connectivity index (χ1n) is 11.5. The molecule has 4 aromatic rings. The fourth-order valence-corrected chi connectivity index (χ4v) is 5.00. The molecule has 0 saturated carbocycles. The number of aldehydes is 1. The van der Waals surface area contributed by atoms with Gasteiger partial charge in [0.15, 0.2) is 11.5 Å². The van der Waals surface area contributed by atoms with Gasteiger partial charge in [0.05, 0.1) is 31.5 Å². The molecule has 0 fully saturated rings. The third kappa shape index (κ3) is 3.47. The van der Waals surface area contributed by atoms with E-state index in [0.717, 1.165) is 50.9 Å². The number of nitrogen functional groups attached to an aromatic ring is 1. The van der Waals surface area contributed by atoms with E-state index in [9.17, 15) is 4.79 Å². The summed E-state index contributed by atoms with van der Waals surface area (Å²) in [4.78, 5) is 23.7. The number of hydrogen-bond donors (Lipinski definition) is 1. The highest BCUT2D eigenvalue weighted by Crippen LogP contribution is 2.43. The van der Waals surface area contributed by atoms with E-state index in [2.05, 4.69) is 9.88 Å². The van der Waals surface area contributed by atoms with Crippen LogP contribution in [0.5, 0.6) is 23.1 Å². The summed E-state index contributed by atoms with van der Waals surface area (Å²) in [5.74, 6) is 2.51. The van der Waals surface area contributed by atoms with Crippen LogP contribution in [0.1, 0.15) is 22.9 Å². The molecule has 2 aromatic carbocycles. The Bertz CT molecular complexity index is 1510. The largest absolute Gasteiger partial charge is 0.496 e. The molecule has 2 N–H and O–H groups in total. The van der Waals surface area contributed by atoms with Crippen molar-refractivity contribution in [3.63, 3.8) is 0 Å². The van der Waals surface area contributed by atoms with Gasteiger partial charge in [0.1, 0.15) is 12.0 Å². The maximum absolute atomic E-state index is 12.3. The number of aromatic nitrogens is 2. The monoisotopic (exact) mass is 484 g/mol. The average molecular weight is 485 g/mol. The summed E-state index contributed by atoms with van der Waals surface area (Å²) in [7, 11) is 3.16. The van der Waals surface area contributed by atoms with Crippen molar-refractivity contribution in [1.82, 2.24) is 14.9 Å². The number of fused-ring (bicyclic) bond motifs is 3. The lowest BCUT2D eigenvalue weighted by Crippen LogP contribution is -2.23. The molecule has 9 nitrogen and oxygen atoms in total. The molecule has 0 bridgehead atoms. The van der Waals surface area contributed by atoms with Crippen molar-refractivity contribution in [3.8, 4) is 34.3 Å². The predicted octanol–water partition coefficient (Wildman–Crippen LogP) is 3.88. The van der Waals surface area contributed by atoms with E-state index in [-0.39, 0.29) is 6.79 Å². The van der Waals surface area contributed by atoms with Crippen LogP contribution in [0.3, 0.4) is 0 Å². The Hall–Kier alpha value is -4.37. The molecule has 4 heterocycles. The first-order chi connectivity index (χ1) is 17.6. The summed E-state index contributed by atoms with van der Waals surface area (Å²) >= 11 is 0. The van der Waals surface area contributed by atoms with Gasteiger partial charge in [0, 0.05) is 53.1 Å². The summed E-state index contributed by atoms with van der Waals surface area (Å²) in [5.41, 5.74) is 12.2. The van der Waals surface area contributed by atoms with Gasteiger partial charge >= 0.3 is 0 Å². The van der Waals surface area contributed by atoms with Crippen LogP contribution >= 0.6 is 0 Å². The van der Waals surface area contributed by atoms with Crippen molar-refractivity contribution in [3.05, 3.63) is 65.5 Å². The number of hydrogen-bond acceptors (Lipinski definition) is 9. The number of nitrogens with zero attached hydrogens (tertiary/aromatic N) is 3. The number of rotatable bonds is 6. The molecule has 1 atom stereocenters. The molecule has 36 heavy (non-hydrogen) atoms. The maximum atomic E-state index is 12.3. The molecule has 2 aliphatic heterocycles. The molecule has 0 spiro atoms. The Morgan fingerprint density at radius 2 is 1.97 bits per heavy atom. The van der Waals surface area contributed by atoms with Crippen molar-refractivity contribution in [2.75, 3.05) is 26.7 Å². The number of anilines is 1. The molecule has 0 amide bonds. The summed E-state index contributed by atoms with van der Waals surface area (Å²) in [6, 6.07) is 12.9. The topological polar surface area (TPSA) is 109 Å². The highest BCUT2D eigenvalue weighted by Gasteiger charge is 2.34. The van der Waals surface area contributed by atoms with Crippen LogP contribution in [0.2, 0.25) is 0 Å². The normalized spacial score (nSPS) is 16.2. The number of carbonyl (C=O) groups is 1. The second-order valence-corrected chi connectivity index (χ2v) is 8.69. The SMILES string of the molecule is COc1cc(OC)c(-c2cccc3c(N)c4c(nc23)CN(Cc2ccc3c(c2)OCO3)C4C=O)cn1. The number of carbonyl (C=O) groups excluding carboxylic acids is 1. The quantitative estimate of drug-likeness (QED) is 0.408. The zero-order valence-electron chi connectivity index (χ0n) is 19.9. The van der Waals surface area contributed by atoms with E-state index in [1.165, 1.54) is 0 Å². The van der Waals surface area contributed by atoms with Crippen molar-refractivity contribution in [1.29, 1.82) is 0 Å². The molecule has 0 saturated heterocycles. The first kappa shape index (κ1) is 22.1. The Kier molecular flexibility index (Phi) is 5.34. The zero-order chi connectivity index (χ0) is 24.8. The molecule has 2 aromatic heterocycles. The van der Waals surface area contributed by atoms with E-state index in [1.54, 1.807) is 26.5 Å². The van der Waals surface area contributed by atoms with Gasteiger partial charge in [-0.25, -0.2) is 4.98 Å². The number of para-hydroxylation sites is 1. The molecule has 1 unspecified atom stereocenters. The molecule has 6 rings (SSSR count). The number of benzene rings is 2. The fourth-order valence-electron chi connectivity index (χ4n) is 5.00. The molecular formula is C27H24N4O5. The lowest BCUT2D eigenvalue weighted by Gasteiger charge is -2.21. The third-order valence-electron chi connectivity index (χ3n) is 6.73. The fraction of sp³-hybridized carbons (Fsp3) is 0.222. The van der Waals surface area contributed by atoms with Crippen molar-refractivity contribution in [2.45, 2.75) is 19.1 Å². The van der Waals surface area contributed by atoms with Gasteiger partial charge in [-0.05, 0) is 17.7 Å². The highest BCUT2D eigenvalue weighted by atomic mass is 16.7. The van der Waals surface area contributed by atoms with Crippen molar-refractivity contribution >= 4 is 22.9 Å². The summed E-state index contributed by atoms with van der Waals surface area (Å²) < 4.78 is 21.8. The van der Waals surface area contributed by atoms with E-state index in [0.29, 0.717) is 36.2 Å². The number of nitrogens with two attached hydrogens (primary N) is 1. The second kappa shape index (κ2) is 8.69. The summed E-state index contributed by atoms with van der Waals surface area (Å²) in [6.07, 6.45) is 2.64. The highest BCUT2D eigenvalue weighted by molar-refractivity contribution is 6.02. The van der Waals surface area contributed by atoms with E-state index in [1.807, 2.05) is 36.4 Å². The lowest BCUT2D eigenvalue weighted by molar-refractivity contribution is -0.112. The molecule has 182 valence electrons. The molecule has 9 heteroatoms. The molecule has 2 aliphatic rings. The van der Waals surface area contributed by atoms with Crippen LogP contribution < -0.4 is 24.7 Å². The minimum atomic E-state index is -0.497. The van der Waals surface area contributed by atoms with Gasteiger partial charge in [-0.3, -0.25) is 9.88 Å². The van der Waals surface area contributed by atoms with Gasteiger partial charge in [-0.1, -0.05) is 24.3 Å². The van der Waals surface area contributed by atoms with Gasteiger partial charge < -0.3 is 29.5 Å². The summed E-state index contributed by atoms with van der Waals surface area (Å²) in [5, 5.41) is 0.779. The predicted molar refractivity (Wildman–Crippen MR) is 133 cm³/mol. The van der Waals surface area contributed by atoms with Crippen LogP contribution in [0.15, 0.2) is 48.7 Å². The minimum absolute atomic E-state index is 0.217. The van der Waals surface area contributed by atoms with E-state index in [4.69, 9.17) is 29.7 Å². The van der Waals surface area contributed by atoms with Gasteiger partial charge in [0.25, 0.3) is 0 Å². The Morgan fingerprint density at radius 3 is 2.78 bits per heavy atom. The Labute approximate surface area is 207 Å². The van der Waals surface area contributed by atoms with Gasteiger partial charge in [-0.15, -0.1) is 0 Å². The van der Waals surface area contributed by atoms with E-state index < -0.39 is 6.04 Å². The van der Waals surface area contributed by atoms with Crippen molar-refractivity contribution in [2.24, 2.45) is 0 Å². The zero-order valence-corrected chi connectivity index (χ0v) is 19.9. The average Bonchev–Trinajstić information content (AvgIpc) is 3.52. The van der Waals surface area contributed by atoms with Crippen LogP contribution in [-0.4, -0.2) is 42.2 Å². The number of ether oxygens (including phenoxy) is 4. The molecular weight excluding hydrogens is 460 g/mol. The summed E-state index contributed by atoms with van der Waals surface area (Å²) in [6.45, 7) is 1.24. The smallest absolute Gasteiger partial charge is 0.231 e. The minimum Gasteiger partial charge on any atom is -0.496 e. The van der Waals surface area contributed by atoms with Crippen LogP contribution in [-0.2, 0) is 17.9 Å². The van der Waals surface area contributed by atoms with Crippen molar-refractivity contribution < 1.29 is 23.7 Å². The standard InChI is InChI=1S/C27H24N4O5/c1-33-22-9-24(34-2)29-10-18(22)16-4-3-5-17-26(28)25-19(30-27(16)17)12-31(20(25)13-32)11-15-6-7-21-23(8-15)36-14-35-21/h3-10,13,20H,11-12,14H2,1-2H3,(H2,28,30). The van der Waals surface area contributed by atoms with Crippen LogP contribution in [0.4, 0.5) is 5.69 Å². The Morgan fingerprint density at radius 1 is 1.11 bits per heavy atom. The number of pyridine rings is 2. The van der Waals surface area contributed by atoms with Gasteiger partial charge in [-0.2, -0.15) is 0 Å². The maximum Gasteiger partial charge on any atom is 0.231 e. The molecule has 0 radical (unpaired) electrons. The Balaban J connectivity index is 1.42. The third-order valence-corrected chi connectivity index (χ3v) is 6.73. The molecule has 0 aliphatic carbocycles. The van der Waals surface area contributed by atoms with Crippen LogP contribution in [0, 0.1) is 0 Å². The van der Waals surface area contributed by atoms with E-state index >= 15 is 0 Å². The number of methoxy groups -OCH3 is 2. The van der Waals surface area contributed by atoms with Gasteiger partial charge in [0.2, 0.25) is 12.7 Å².